The molecule has 0 saturated carbocycles. The normalized spacial score (nSPS) is 20.2. The van der Waals surface area contributed by atoms with Gasteiger partial charge in [-0.1, -0.05) is 6.07 Å². The third kappa shape index (κ3) is 3.24. The van der Waals surface area contributed by atoms with Crippen molar-refractivity contribution in [2.45, 2.75) is 25.8 Å². The van der Waals surface area contributed by atoms with Crippen molar-refractivity contribution in [2.24, 2.45) is 5.92 Å². The summed E-state index contributed by atoms with van der Waals surface area (Å²) < 4.78 is 1.90. The molecule has 2 bridgehead atoms. The fraction of sp³-hybridized carbons (Fsp3) is 0.304. The Morgan fingerprint density at radius 1 is 1.03 bits per heavy atom. The monoisotopic (exact) mass is 386 g/mol. The van der Waals surface area contributed by atoms with Gasteiger partial charge in [0.15, 0.2) is 0 Å². The maximum absolute atomic E-state index is 13.1. The van der Waals surface area contributed by atoms with Gasteiger partial charge in [-0.3, -0.25) is 19.6 Å². The maximum atomic E-state index is 13.1. The highest BCUT2D eigenvalue weighted by molar-refractivity contribution is 5.94. The zero-order chi connectivity index (χ0) is 20.0. The summed E-state index contributed by atoms with van der Waals surface area (Å²) in [7, 11) is 0. The van der Waals surface area contributed by atoms with E-state index < -0.39 is 0 Å². The Hall–Kier alpha value is -3.28. The number of carbonyl (C=O) groups excluding carboxylic acids is 1. The lowest BCUT2D eigenvalue weighted by molar-refractivity contribution is 0.0594. The second kappa shape index (κ2) is 6.95. The molecule has 2 aliphatic heterocycles. The highest BCUT2D eigenvalue weighted by Gasteiger charge is 2.37. The van der Waals surface area contributed by atoms with Crippen molar-refractivity contribution in [1.82, 2.24) is 19.4 Å². The zero-order valence-corrected chi connectivity index (χ0v) is 16.3. The van der Waals surface area contributed by atoms with Gasteiger partial charge in [0, 0.05) is 67.7 Å². The molecule has 2 aliphatic rings. The van der Waals surface area contributed by atoms with Crippen LogP contribution in [0.3, 0.4) is 0 Å². The number of amides is 1. The lowest BCUT2D eigenvalue weighted by Crippen LogP contribution is -2.49. The number of piperidine rings is 1. The summed E-state index contributed by atoms with van der Waals surface area (Å²) >= 11 is 0. The summed E-state index contributed by atoms with van der Waals surface area (Å²) in [6, 6.07) is 9.52. The first-order valence-electron chi connectivity index (χ1n) is 9.94. The fourth-order valence-electron chi connectivity index (χ4n) is 4.68. The zero-order valence-electron chi connectivity index (χ0n) is 16.3. The van der Waals surface area contributed by atoms with Crippen LogP contribution in [0.25, 0.3) is 11.1 Å². The second-order valence-corrected chi connectivity index (χ2v) is 8.12. The molecule has 0 spiro atoms. The number of carbonyl (C=O) groups is 1. The first kappa shape index (κ1) is 17.8. The molecule has 146 valence electrons. The molecule has 0 unspecified atom stereocenters. The number of aryl methyl sites for hydroxylation is 1. The summed E-state index contributed by atoms with van der Waals surface area (Å²) in [6.45, 7) is 3.91. The van der Waals surface area contributed by atoms with E-state index in [2.05, 4.69) is 16.0 Å². The van der Waals surface area contributed by atoms with E-state index in [-0.39, 0.29) is 17.4 Å². The average Bonchev–Trinajstić information content (AvgIpc) is 2.74. The minimum atomic E-state index is 0.0233. The van der Waals surface area contributed by atoms with Gasteiger partial charge in [0.1, 0.15) is 0 Å². The Balaban J connectivity index is 1.49. The molecular formula is C23H22N4O2. The standard InChI is InChI=1S/C23H22N4O2/c1-15-5-19(11-25-9-15)23(29)26-12-16-6-20(14-26)21-7-18(8-22(28)27(21)13-16)17-3-2-4-24-10-17/h2-5,7-11,16,20H,6,12-14H2,1H3/t16-,20+/m0/s1. The Morgan fingerprint density at radius 2 is 1.93 bits per heavy atom. The molecule has 1 saturated heterocycles. The van der Waals surface area contributed by atoms with E-state index in [9.17, 15) is 9.59 Å². The molecule has 1 amide bonds. The number of pyridine rings is 3. The Kier molecular flexibility index (Phi) is 4.27. The minimum absolute atomic E-state index is 0.0233. The Labute approximate surface area is 168 Å². The topological polar surface area (TPSA) is 68.1 Å². The van der Waals surface area contributed by atoms with Crippen LogP contribution in [0.1, 0.15) is 34.0 Å². The van der Waals surface area contributed by atoms with E-state index in [1.54, 1.807) is 30.9 Å². The van der Waals surface area contributed by atoms with E-state index in [0.717, 1.165) is 28.8 Å². The van der Waals surface area contributed by atoms with Crippen LogP contribution in [0.4, 0.5) is 0 Å². The minimum Gasteiger partial charge on any atom is -0.338 e. The highest BCUT2D eigenvalue weighted by Crippen LogP contribution is 2.37. The van der Waals surface area contributed by atoms with Crippen LogP contribution in [-0.2, 0) is 6.54 Å². The second-order valence-electron chi connectivity index (χ2n) is 8.12. The number of aromatic nitrogens is 3. The lowest BCUT2D eigenvalue weighted by Gasteiger charge is -2.43. The SMILES string of the molecule is Cc1cncc(C(=O)N2C[C@@H]3C[C@H](C2)c2cc(-c4cccnc4)cc(=O)n2C3)c1. The number of hydrogen-bond acceptors (Lipinski definition) is 4. The molecule has 3 aromatic heterocycles. The van der Waals surface area contributed by atoms with Crippen molar-refractivity contribution >= 4 is 5.91 Å². The molecule has 3 aromatic rings. The van der Waals surface area contributed by atoms with E-state index in [4.69, 9.17) is 0 Å². The number of hydrogen-bond donors (Lipinski definition) is 0. The van der Waals surface area contributed by atoms with E-state index in [1.165, 1.54) is 0 Å². The molecule has 1 fully saturated rings. The molecule has 6 nitrogen and oxygen atoms in total. The molecule has 0 N–H and O–H groups in total. The summed E-state index contributed by atoms with van der Waals surface area (Å²) in [5.41, 5.74) is 4.48. The van der Waals surface area contributed by atoms with Gasteiger partial charge < -0.3 is 9.47 Å². The van der Waals surface area contributed by atoms with Crippen molar-refractivity contribution in [1.29, 1.82) is 0 Å². The van der Waals surface area contributed by atoms with Crippen LogP contribution < -0.4 is 5.56 Å². The summed E-state index contributed by atoms with van der Waals surface area (Å²) in [4.78, 5) is 36.1. The molecule has 2 atom stereocenters. The van der Waals surface area contributed by atoms with Crippen molar-refractivity contribution in [2.75, 3.05) is 13.1 Å². The van der Waals surface area contributed by atoms with Gasteiger partial charge in [0.25, 0.3) is 11.5 Å². The largest absolute Gasteiger partial charge is 0.338 e. The molecular weight excluding hydrogens is 364 g/mol. The van der Waals surface area contributed by atoms with Gasteiger partial charge in [-0.25, -0.2) is 0 Å². The molecule has 29 heavy (non-hydrogen) atoms. The Morgan fingerprint density at radius 3 is 2.72 bits per heavy atom. The van der Waals surface area contributed by atoms with Gasteiger partial charge >= 0.3 is 0 Å². The van der Waals surface area contributed by atoms with Crippen LogP contribution >= 0.6 is 0 Å². The molecule has 6 heteroatoms. The van der Waals surface area contributed by atoms with Crippen LogP contribution in [0.15, 0.2) is 59.9 Å². The summed E-state index contributed by atoms with van der Waals surface area (Å²) in [5, 5.41) is 0. The maximum Gasteiger partial charge on any atom is 0.255 e. The van der Waals surface area contributed by atoms with Crippen molar-refractivity contribution < 1.29 is 4.79 Å². The van der Waals surface area contributed by atoms with E-state index in [0.29, 0.717) is 31.1 Å². The van der Waals surface area contributed by atoms with Gasteiger partial charge in [0.2, 0.25) is 0 Å². The van der Waals surface area contributed by atoms with Gasteiger partial charge in [-0.05, 0) is 48.6 Å². The predicted molar refractivity (Wildman–Crippen MR) is 110 cm³/mol. The van der Waals surface area contributed by atoms with Crippen LogP contribution in [0, 0.1) is 12.8 Å². The number of rotatable bonds is 2. The van der Waals surface area contributed by atoms with E-state index >= 15 is 0 Å². The fourth-order valence-corrected chi connectivity index (χ4v) is 4.68. The lowest BCUT2D eigenvalue weighted by atomic mass is 9.82. The van der Waals surface area contributed by atoms with E-state index in [1.807, 2.05) is 34.6 Å². The summed E-state index contributed by atoms with van der Waals surface area (Å²) in [6.07, 6.45) is 7.90. The molecule has 0 aliphatic carbocycles. The average molecular weight is 386 g/mol. The number of nitrogens with zero attached hydrogens (tertiary/aromatic N) is 4. The van der Waals surface area contributed by atoms with Gasteiger partial charge in [0.05, 0.1) is 5.56 Å². The molecule has 5 heterocycles. The third-order valence-electron chi connectivity index (χ3n) is 5.96. The van der Waals surface area contributed by atoms with Crippen LogP contribution in [0.5, 0.6) is 0 Å². The van der Waals surface area contributed by atoms with Crippen LogP contribution in [-0.4, -0.2) is 38.4 Å². The Bertz CT molecular complexity index is 1140. The number of fused-ring (bicyclic) bond motifs is 4. The van der Waals surface area contributed by atoms with Gasteiger partial charge in [-0.15, -0.1) is 0 Å². The van der Waals surface area contributed by atoms with Gasteiger partial charge in [-0.2, -0.15) is 0 Å². The first-order chi connectivity index (χ1) is 14.1. The predicted octanol–water partition coefficient (Wildman–Crippen LogP) is 2.87. The molecule has 5 rings (SSSR count). The van der Waals surface area contributed by atoms with Crippen LogP contribution in [0.2, 0.25) is 0 Å². The molecule has 0 aromatic carbocycles. The van der Waals surface area contributed by atoms with Crippen molar-refractivity contribution in [3.63, 3.8) is 0 Å². The quantitative estimate of drug-likeness (QED) is 0.679. The highest BCUT2D eigenvalue weighted by atomic mass is 16.2. The third-order valence-corrected chi connectivity index (χ3v) is 5.96. The molecule has 0 radical (unpaired) electrons. The smallest absolute Gasteiger partial charge is 0.255 e. The first-order valence-corrected chi connectivity index (χ1v) is 9.94. The summed E-state index contributed by atoms with van der Waals surface area (Å²) in [5.74, 6) is 0.480. The van der Waals surface area contributed by atoms with Crippen molar-refractivity contribution in [3.8, 4) is 11.1 Å². The van der Waals surface area contributed by atoms with Crippen molar-refractivity contribution in [3.05, 3.63) is 82.3 Å². The number of likely N-dealkylation sites (tertiary alicyclic amines) is 1.